The van der Waals surface area contributed by atoms with Crippen molar-refractivity contribution in [2.24, 2.45) is 5.73 Å². The van der Waals surface area contributed by atoms with Crippen molar-refractivity contribution in [2.75, 3.05) is 18.4 Å². The summed E-state index contributed by atoms with van der Waals surface area (Å²) in [4.78, 5) is 18.3. The molecule has 22 heavy (non-hydrogen) atoms. The number of aromatic hydroxyl groups is 1. The van der Waals surface area contributed by atoms with Gasteiger partial charge in [0.05, 0.1) is 6.20 Å². The minimum absolute atomic E-state index is 0.137. The SMILES string of the molecule is NC(=O)c1nc(F)cnc1NCCNCc1ccccc1O. The molecule has 0 saturated heterocycles. The molecule has 0 bridgehead atoms. The van der Waals surface area contributed by atoms with Crippen LogP contribution in [0.5, 0.6) is 5.75 Å². The fourth-order valence-corrected chi connectivity index (χ4v) is 1.82. The maximum absolute atomic E-state index is 12.9. The van der Waals surface area contributed by atoms with Crippen LogP contribution in [0, 0.1) is 5.95 Å². The van der Waals surface area contributed by atoms with Crippen molar-refractivity contribution in [1.82, 2.24) is 15.3 Å². The molecule has 2 aromatic rings. The number of halogens is 1. The number of nitrogens with two attached hydrogens (primary N) is 1. The Labute approximate surface area is 126 Å². The van der Waals surface area contributed by atoms with Gasteiger partial charge in [0.1, 0.15) is 5.75 Å². The third kappa shape index (κ3) is 4.13. The van der Waals surface area contributed by atoms with E-state index in [0.717, 1.165) is 11.8 Å². The molecule has 0 aliphatic carbocycles. The standard InChI is InChI=1S/C14H16FN5O2/c15-11-8-19-14(12(20-11)13(16)22)18-6-5-17-7-9-3-1-2-4-10(9)21/h1-4,8,17,21H,5-7H2,(H2,16,22)(H,18,19). The van der Waals surface area contributed by atoms with Gasteiger partial charge in [-0.25, -0.2) is 9.97 Å². The van der Waals surface area contributed by atoms with Gasteiger partial charge in [-0.1, -0.05) is 18.2 Å². The number of benzene rings is 1. The zero-order valence-electron chi connectivity index (χ0n) is 11.7. The molecule has 1 aromatic carbocycles. The number of rotatable bonds is 7. The third-order valence-electron chi connectivity index (χ3n) is 2.88. The lowest BCUT2D eigenvalue weighted by Crippen LogP contribution is -2.24. The number of nitrogens with zero attached hydrogens (tertiary/aromatic N) is 2. The minimum atomic E-state index is -0.864. The van der Waals surface area contributed by atoms with Gasteiger partial charge < -0.3 is 21.5 Å². The van der Waals surface area contributed by atoms with Crippen LogP contribution in [0.2, 0.25) is 0 Å². The Morgan fingerprint density at radius 1 is 1.32 bits per heavy atom. The van der Waals surface area contributed by atoms with E-state index < -0.39 is 11.9 Å². The molecule has 7 nitrogen and oxygen atoms in total. The summed E-state index contributed by atoms with van der Waals surface area (Å²) in [5.74, 6) is -1.35. The highest BCUT2D eigenvalue weighted by atomic mass is 19.1. The van der Waals surface area contributed by atoms with E-state index in [2.05, 4.69) is 20.6 Å². The van der Waals surface area contributed by atoms with Crippen LogP contribution in [0.4, 0.5) is 10.2 Å². The molecule has 0 unspecified atom stereocenters. The summed E-state index contributed by atoms with van der Waals surface area (Å²) in [6.45, 7) is 1.45. The van der Waals surface area contributed by atoms with E-state index in [1.807, 2.05) is 12.1 Å². The fraction of sp³-hybridized carbons (Fsp3) is 0.214. The first-order valence-electron chi connectivity index (χ1n) is 6.61. The van der Waals surface area contributed by atoms with Crippen molar-refractivity contribution >= 4 is 11.7 Å². The Bertz CT molecular complexity index is 665. The van der Waals surface area contributed by atoms with Gasteiger partial charge >= 0.3 is 0 Å². The molecule has 0 radical (unpaired) electrons. The maximum Gasteiger partial charge on any atom is 0.271 e. The highest BCUT2D eigenvalue weighted by molar-refractivity contribution is 5.95. The van der Waals surface area contributed by atoms with Gasteiger partial charge in [-0.3, -0.25) is 4.79 Å². The number of para-hydroxylation sites is 1. The summed E-state index contributed by atoms with van der Waals surface area (Å²) in [6.07, 6.45) is 0.907. The molecule has 8 heteroatoms. The number of anilines is 1. The maximum atomic E-state index is 12.9. The van der Waals surface area contributed by atoms with Crippen molar-refractivity contribution < 1.29 is 14.3 Å². The molecular weight excluding hydrogens is 289 g/mol. The van der Waals surface area contributed by atoms with Crippen molar-refractivity contribution in [3.63, 3.8) is 0 Å². The Balaban J connectivity index is 1.82. The Morgan fingerprint density at radius 2 is 2.09 bits per heavy atom. The fourth-order valence-electron chi connectivity index (χ4n) is 1.82. The zero-order valence-corrected chi connectivity index (χ0v) is 11.7. The average molecular weight is 305 g/mol. The predicted octanol–water partition coefficient (Wildman–Crippen LogP) is 0.622. The molecule has 0 spiro atoms. The molecule has 0 fully saturated rings. The first kappa shape index (κ1) is 15.6. The molecule has 0 aliphatic rings. The van der Waals surface area contributed by atoms with E-state index >= 15 is 0 Å². The van der Waals surface area contributed by atoms with E-state index in [0.29, 0.717) is 19.6 Å². The molecule has 5 N–H and O–H groups in total. The lowest BCUT2D eigenvalue weighted by atomic mass is 10.2. The number of hydrogen-bond donors (Lipinski definition) is 4. The molecular formula is C14H16FN5O2. The summed E-state index contributed by atoms with van der Waals surface area (Å²) >= 11 is 0. The second-order valence-corrected chi connectivity index (χ2v) is 4.49. The van der Waals surface area contributed by atoms with E-state index in [4.69, 9.17) is 5.73 Å². The molecule has 116 valence electrons. The van der Waals surface area contributed by atoms with Gasteiger partial charge in [-0.15, -0.1) is 0 Å². The van der Waals surface area contributed by atoms with E-state index in [1.165, 1.54) is 0 Å². The second-order valence-electron chi connectivity index (χ2n) is 4.49. The molecule has 0 aliphatic heterocycles. The summed E-state index contributed by atoms with van der Waals surface area (Å²) in [5.41, 5.74) is 5.66. The van der Waals surface area contributed by atoms with E-state index in [1.54, 1.807) is 12.1 Å². The molecule has 1 heterocycles. The number of nitrogens with one attached hydrogen (secondary N) is 2. The summed E-state index contributed by atoms with van der Waals surface area (Å²) in [5, 5.41) is 15.6. The Morgan fingerprint density at radius 3 is 2.82 bits per heavy atom. The van der Waals surface area contributed by atoms with E-state index in [9.17, 15) is 14.3 Å². The van der Waals surface area contributed by atoms with Crippen molar-refractivity contribution in [1.29, 1.82) is 0 Å². The number of aromatic nitrogens is 2. The van der Waals surface area contributed by atoms with Crippen molar-refractivity contribution in [3.05, 3.63) is 47.7 Å². The largest absolute Gasteiger partial charge is 0.508 e. The lowest BCUT2D eigenvalue weighted by molar-refractivity contribution is 0.0995. The quantitative estimate of drug-likeness (QED) is 0.558. The van der Waals surface area contributed by atoms with Gasteiger partial charge in [-0.05, 0) is 6.07 Å². The second kappa shape index (κ2) is 7.32. The number of phenolic OH excluding ortho intramolecular Hbond substituents is 1. The van der Waals surface area contributed by atoms with Crippen LogP contribution in [0.15, 0.2) is 30.5 Å². The van der Waals surface area contributed by atoms with Crippen LogP contribution in [0.3, 0.4) is 0 Å². The number of hydrogen-bond acceptors (Lipinski definition) is 6. The van der Waals surface area contributed by atoms with E-state index in [-0.39, 0.29) is 17.3 Å². The number of phenols is 1. The Hall–Kier alpha value is -2.74. The highest BCUT2D eigenvalue weighted by Crippen LogP contribution is 2.14. The normalized spacial score (nSPS) is 10.4. The number of primary amides is 1. The molecule has 0 atom stereocenters. The lowest BCUT2D eigenvalue weighted by Gasteiger charge is -2.09. The predicted molar refractivity (Wildman–Crippen MR) is 78.8 cm³/mol. The van der Waals surface area contributed by atoms with Crippen LogP contribution in [-0.2, 0) is 6.54 Å². The van der Waals surface area contributed by atoms with Crippen molar-refractivity contribution in [2.45, 2.75) is 6.54 Å². The number of amides is 1. The molecule has 1 aromatic heterocycles. The zero-order chi connectivity index (χ0) is 15.9. The highest BCUT2D eigenvalue weighted by Gasteiger charge is 2.12. The van der Waals surface area contributed by atoms with Gasteiger partial charge in [0, 0.05) is 25.2 Å². The Kier molecular flexibility index (Phi) is 5.21. The van der Waals surface area contributed by atoms with Crippen LogP contribution < -0.4 is 16.4 Å². The third-order valence-corrected chi connectivity index (χ3v) is 2.88. The molecule has 2 rings (SSSR count). The first-order chi connectivity index (χ1) is 10.6. The van der Waals surface area contributed by atoms with Gasteiger partial charge in [0.15, 0.2) is 11.5 Å². The first-order valence-corrected chi connectivity index (χ1v) is 6.61. The topological polar surface area (TPSA) is 113 Å². The smallest absolute Gasteiger partial charge is 0.271 e. The number of carbonyl (C=O) groups excluding carboxylic acids is 1. The monoisotopic (exact) mass is 305 g/mol. The van der Waals surface area contributed by atoms with Gasteiger partial charge in [0.2, 0.25) is 5.95 Å². The average Bonchev–Trinajstić information content (AvgIpc) is 2.49. The summed E-state index contributed by atoms with van der Waals surface area (Å²) in [6, 6.07) is 7.01. The van der Waals surface area contributed by atoms with Gasteiger partial charge in [-0.2, -0.15) is 4.39 Å². The minimum Gasteiger partial charge on any atom is -0.508 e. The van der Waals surface area contributed by atoms with Crippen LogP contribution in [0.25, 0.3) is 0 Å². The number of carbonyl (C=O) groups is 1. The van der Waals surface area contributed by atoms with Gasteiger partial charge in [0.25, 0.3) is 5.91 Å². The molecule has 1 amide bonds. The molecule has 0 saturated carbocycles. The van der Waals surface area contributed by atoms with Crippen LogP contribution >= 0.6 is 0 Å². The van der Waals surface area contributed by atoms with Crippen molar-refractivity contribution in [3.8, 4) is 5.75 Å². The summed E-state index contributed by atoms with van der Waals surface area (Å²) in [7, 11) is 0. The van der Waals surface area contributed by atoms with Crippen LogP contribution in [0.1, 0.15) is 16.1 Å². The van der Waals surface area contributed by atoms with Crippen LogP contribution in [-0.4, -0.2) is 34.1 Å². The summed E-state index contributed by atoms with van der Waals surface area (Å²) < 4.78 is 12.9.